The fourth-order valence-electron chi connectivity index (χ4n) is 0. The van der Waals surface area contributed by atoms with Crippen molar-refractivity contribution in [2.45, 2.75) is 4.23 Å². The van der Waals surface area contributed by atoms with Gasteiger partial charge in [-0.15, -0.1) is 0 Å². The molecular weight excluding hydrogens is 106 g/mol. The number of alkyl halides is 1. The monoisotopic (exact) mass is 107 g/mol. The highest BCUT2D eigenvalue weighted by Crippen LogP contribution is 2.04. The molecular formula is CHBFS2-. The first-order valence-corrected chi connectivity index (χ1v) is 1.76. The van der Waals surface area contributed by atoms with Crippen molar-refractivity contribution in [3.63, 3.8) is 0 Å². The summed E-state index contributed by atoms with van der Waals surface area (Å²) >= 11 is 6.85. The molecule has 5 heavy (non-hydrogen) atoms. The quantitative estimate of drug-likeness (QED) is 0.262. The minimum absolute atomic E-state index is 2.22. The zero-order chi connectivity index (χ0) is 4.50. The van der Waals surface area contributed by atoms with Crippen LogP contribution < -0.4 is 0 Å². The summed E-state index contributed by atoms with van der Waals surface area (Å²) in [4.78, 5) is 0. The van der Waals surface area contributed by atoms with Gasteiger partial charge in [0.05, 0.1) is 7.85 Å². The predicted molar refractivity (Wildman–Crippen MR) is 25.9 cm³/mol. The Kier molecular flexibility index (Phi) is 1.63. The van der Waals surface area contributed by atoms with Crippen molar-refractivity contribution in [2.75, 3.05) is 0 Å². The van der Waals surface area contributed by atoms with Crippen molar-refractivity contribution in [1.82, 2.24) is 0 Å². The molecule has 0 N–H and O–H groups in total. The van der Waals surface area contributed by atoms with Crippen molar-refractivity contribution in [1.29, 1.82) is 0 Å². The van der Waals surface area contributed by atoms with Gasteiger partial charge < -0.3 is 12.6 Å². The Morgan fingerprint density at radius 1 is 2.00 bits per heavy atom. The lowest BCUT2D eigenvalue weighted by Gasteiger charge is -2.17. The van der Waals surface area contributed by atoms with E-state index in [9.17, 15) is 4.39 Å². The molecule has 0 aliphatic heterocycles. The van der Waals surface area contributed by atoms with Crippen LogP contribution in [0, 0.1) is 0 Å². The molecule has 0 aliphatic rings. The lowest BCUT2D eigenvalue weighted by atomic mass is 10.2. The molecule has 0 rings (SSSR count). The Morgan fingerprint density at radius 3 is 2.00 bits per heavy atom. The fourth-order valence-corrected chi connectivity index (χ4v) is 0. The molecule has 0 saturated heterocycles. The second-order valence-electron chi connectivity index (χ2n) is 0.609. The van der Waals surface area contributed by atoms with Crippen molar-refractivity contribution in [3.05, 3.63) is 0 Å². The van der Waals surface area contributed by atoms with Crippen LogP contribution in [0.15, 0.2) is 0 Å². The van der Waals surface area contributed by atoms with E-state index in [0.29, 0.717) is 0 Å². The average Bonchev–Trinajstić information content (AvgIpc) is 0.722. The molecule has 1 unspecified atom stereocenters. The van der Waals surface area contributed by atoms with E-state index >= 15 is 0 Å². The van der Waals surface area contributed by atoms with Gasteiger partial charge in [-0.3, -0.25) is 4.39 Å². The zero-order valence-electron chi connectivity index (χ0n) is 2.31. The van der Waals surface area contributed by atoms with Crippen LogP contribution in [0.5, 0.6) is 0 Å². The molecule has 0 bridgehead atoms. The van der Waals surface area contributed by atoms with E-state index in [2.05, 4.69) is 33.1 Å². The van der Waals surface area contributed by atoms with Crippen molar-refractivity contribution >= 4 is 33.1 Å². The third kappa shape index (κ3) is 70.6. The van der Waals surface area contributed by atoms with Crippen LogP contribution in [-0.4, -0.2) is 12.1 Å². The van der Waals surface area contributed by atoms with Gasteiger partial charge in [0, 0.05) is 0 Å². The smallest absolute Gasteiger partial charge is 0.0986 e. The van der Waals surface area contributed by atoms with Gasteiger partial charge >= 0.3 is 0 Å². The molecule has 28 valence electrons. The highest BCUT2D eigenvalue weighted by atomic mass is 32.2. The maximum atomic E-state index is 11.1. The maximum absolute atomic E-state index is 11.1. The Morgan fingerprint density at radius 2 is 2.00 bits per heavy atom. The molecule has 0 spiro atoms. The van der Waals surface area contributed by atoms with Crippen LogP contribution in [0.2, 0.25) is 0 Å². The number of thiol groups is 1. The van der Waals surface area contributed by atoms with Gasteiger partial charge in [0.25, 0.3) is 0 Å². The van der Waals surface area contributed by atoms with Gasteiger partial charge in [-0.25, -0.2) is 0 Å². The van der Waals surface area contributed by atoms with Gasteiger partial charge in [0.2, 0.25) is 0 Å². The molecule has 0 aliphatic carbocycles. The summed E-state index contributed by atoms with van der Waals surface area (Å²) in [7, 11) is 4.37. The number of hydrogen-bond acceptors (Lipinski definition) is 2. The number of rotatable bonds is 0. The van der Waals surface area contributed by atoms with E-state index in [4.69, 9.17) is 0 Å². The first-order chi connectivity index (χ1) is 2.00. The number of hydrogen-bond donors (Lipinski definition) is 1. The van der Waals surface area contributed by atoms with E-state index < -0.39 is 4.23 Å². The zero-order valence-corrected chi connectivity index (χ0v) is 4.02. The van der Waals surface area contributed by atoms with Crippen LogP contribution in [0.3, 0.4) is 0 Å². The van der Waals surface area contributed by atoms with E-state index in [1.807, 2.05) is 0 Å². The van der Waals surface area contributed by atoms with Crippen molar-refractivity contribution < 1.29 is 4.39 Å². The highest BCUT2D eigenvalue weighted by Gasteiger charge is 1.89. The Bertz CT molecular complexity index is 25.1. The SMILES string of the molecule is [B]C(F)([S-])S. The van der Waals surface area contributed by atoms with Crippen LogP contribution in [0.1, 0.15) is 0 Å². The molecule has 4 heteroatoms. The molecule has 0 heterocycles. The summed E-state index contributed by atoms with van der Waals surface area (Å²) in [6.45, 7) is 0. The van der Waals surface area contributed by atoms with Gasteiger partial charge in [-0.2, -0.15) is 12.6 Å². The van der Waals surface area contributed by atoms with Crippen LogP contribution >= 0.6 is 12.6 Å². The molecule has 1 atom stereocenters. The summed E-state index contributed by atoms with van der Waals surface area (Å²) in [6, 6.07) is 0. The van der Waals surface area contributed by atoms with E-state index in [1.165, 1.54) is 0 Å². The first kappa shape index (κ1) is 5.69. The highest BCUT2D eigenvalue weighted by molar-refractivity contribution is 7.94. The molecule has 0 nitrogen and oxygen atoms in total. The summed E-state index contributed by atoms with van der Waals surface area (Å²) in [5.74, 6) is 0. The lowest BCUT2D eigenvalue weighted by Crippen LogP contribution is -2.06. The molecule has 0 amide bonds. The summed E-state index contributed by atoms with van der Waals surface area (Å²) < 4.78 is 8.92. The second-order valence-corrected chi connectivity index (χ2v) is 2.16. The van der Waals surface area contributed by atoms with Gasteiger partial charge in [0.15, 0.2) is 0 Å². The van der Waals surface area contributed by atoms with E-state index in [1.54, 1.807) is 0 Å². The van der Waals surface area contributed by atoms with Crippen LogP contribution in [0.4, 0.5) is 4.39 Å². The van der Waals surface area contributed by atoms with Crippen molar-refractivity contribution in [3.8, 4) is 0 Å². The standard InChI is InChI=1S/CH2BFS2/c2-1(3,4)5/h4-5H/p-1. The molecule has 0 aromatic carbocycles. The summed E-state index contributed by atoms with van der Waals surface area (Å²) in [5.41, 5.74) is 0. The normalized spacial score (nSPS) is 21.4. The molecule has 0 saturated carbocycles. The van der Waals surface area contributed by atoms with Gasteiger partial charge in [-0.05, 0) is 4.23 Å². The largest absolute Gasteiger partial charge is 0.752 e. The molecule has 0 aromatic heterocycles. The number of halogens is 1. The predicted octanol–water partition coefficient (Wildman–Crippen LogP) is 0.212. The Balaban J connectivity index is 3.02. The Labute approximate surface area is 42.4 Å². The molecule has 2 radical (unpaired) electrons. The van der Waals surface area contributed by atoms with E-state index in [0.717, 1.165) is 0 Å². The van der Waals surface area contributed by atoms with Gasteiger partial charge in [-0.1, -0.05) is 0 Å². The Hall–Kier alpha value is 0.695. The van der Waals surface area contributed by atoms with E-state index in [-0.39, 0.29) is 0 Å². The maximum Gasteiger partial charge on any atom is 0.0986 e. The van der Waals surface area contributed by atoms with Crippen molar-refractivity contribution in [2.24, 2.45) is 0 Å². The molecule has 0 fully saturated rings. The van der Waals surface area contributed by atoms with Crippen LogP contribution in [0.25, 0.3) is 0 Å². The third-order valence-electron chi connectivity index (χ3n) is 0. The second kappa shape index (κ2) is 1.43. The third-order valence-corrected chi connectivity index (χ3v) is 0. The fraction of sp³-hybridized carbons (Fsp3) is 1.00. The first-order valence-electron chi connectivity index (χ1n) is 0.905. The summed E-state index contributed by atoms with van der Waals surface area (Å²) in [5, 5.41) is 0. The topological polar surface area (TPSA) is 0 Å². The minimum atomic E-state index is -2.22. The minimum Gasteiger partial charge on any atom is -0.752 e. The van der Waals surface area contributed by atoms with Crippen LogP contribution in [-0.2, 0) is 12.6 Å². The average molecular weight is 107 g/mol. The summed E-state index contributed by atoms with van der Waals surface area (Å²) in [6.07, 6.45) is 0. The lowest BCUT2D eigenvalue weighted by molar-refractivity contribution is 0.528. The molecule has 0 aromatic rings. The van der Waals surface area contributed by atoms with Gasteiger partial charge in [0.1, 0.15) is 0 Å².